The summed E-state index contributed by atoms with van der Waals surface area (Å²) in [5.74, 6) is -1.44. The van der Waals surface area contributed by atoms with Crippen molar-refractivity contribution in [2.24, 2.45) is 0 Å². The van der Waals surface area contributed by atoms with Crippen LogP contribution in [0.5, 0.6) is 11.5 Å². The van der Waals surface area contributed by atoms with Crippen LogP contribution in [0.4, 0.5) is 4.39 Å². The summed E-state index contributed by atoms with van der Waals surface area (Å²) in [6.07, 6.45) is 0. The summed E-state index contributed by atoms with van der Waals surface area (Å²) in [4.78, 5) is 0. The van der Waals surface area contributed by atoms with E-state index < -0.39 is 11.2 Å². The molecule has 2 N–H and O–H groups in total. The van der Waals surface area contributed by atoms with Crippen molar-refractivity contribution in [3.63, 3.8) is 0 Å². The fourth-order valence-electron chi connectivity index (χ4n) is 1.38. The Kier molecular flexibility index (Phi) is 3.65. The standard InChI is InChI=1S/C11H14ClFO3/c1-11(2,5-14)6-4-7(12)8(13)10(16-3)9(6)15/h4,14-15H,5H2,1-3H3. The zero-order valence-corrected chi connectivity index (χ0v) is 10.1. The molecule has 0 aliphatic carbocycles. The van der Waals surface area contributed by atoms with Crippen LogP contribution in [-0.2, 0) is 5.41 Å². The van der Waals surface area contributed by atoms with Gasteiger partial charge < -0.3 is 14.9 Å². The number of hydrogen-bond donors (Lipinski definition) is 2. The Bertz CT molecular complexity index is 405. The van der Waals surface area contributed by atoms with Crippen LogP contribution in [0.15, 0.2) is 6.07 Å². The van der Waals surface area contributed by atoms with Crippen LogP contribution in [0.1, 0.15) is 19.4 Å². The quantitative estimate of drug-likeness (QED) is 0.864. The van der Waals surface area contributed by atoms with Crippen molar-refractivity contribution in [3.05, 3.63) is 22.5 Å². The molecule has 5 heteroatoms. The van der Waals surface area contributed by atoms with Gasteiger partial charge in [-0.25, -0.2) is 4.39 Å². The van der Waals surface area contributed by atoms with E-state index >= 15 is 0 Å². The molecule has 3 nitrogen and oxygen atoms in total. The van der Waals surface area contributed by atoms with Crippen molar-refractivity contribution < 1.29 is 19.3 Å². The zero-order chi connectivity index (χ0) is 12.5. The smallest absolute Gasteiger partial charge is 0.198 e. The number of aliphatic hydroxyl groups excluding tert-OH is 1. The average Bonchev–Trinajstić information content (AvgIpc) is 2.24. The molecule has 90 valence electrons. The first-order valence-corrected chi connectivity index (χ1v) is 5.09. The first-order chi connectivity index (χ1) is 7.35. The van der Waals surface area contributed by atoms with E-state index in [9.17, 15) is 14.6 Å². The van der Waals surface area contributed by atoms with E-state index in [1.54, 1.807) is 13.8 Å². The van der Waals surface area contributed by atoms with Gasteiger partial charge in [0.25, 0.3) is 0 Å². The van der Waals surface area contributed by atoms with E-state index in [-0.39, 0.29) is 23.1 Å². The third-order valence-electron chi connectivity index (χ3n) is 2.48. The van der Waals surface area contributed by atoms with Gasteiger partial charge in [-0.2, -0.15) is 0 Å². The molecule has 0 radical (unpaired) electrons. The topological polar surface area (TPSA) is 49.7 Å². The molecular weight excluding hydrogens is 235 g/mol. The largest absolute Gasteiger partial charge is 0.504 e. The van der Waals surface area contributed by atoms with Crippen LogP contribution < -0.4 is 4.74 Å². The monoisotopic (exact) mass is 248 g/mol. The number of rotatable bonds is 3. The van der Waals surface area contributed by atoms with Gasteiger partial charge in [-0.15, -0.1) is 0 Å². The van der Waals surface area contributed by atoms with E-state index in [0.29, 0.717) is 5.56 Å². The molecule has 0 fully saturated rings. The average molecular weight is 249 g/mol. The number of aromatic hydroxyl groups is 1. The van der Waals surface area contributed by atoms with Crippen LogP contribution in [0, 0.1) is 5.82 Å². The van der Waals surface area contributed by atoms with Crippen molar-refractivity contribution in [2.75, 3.05) is 13.7 Å². The van der Waals surface area contributed by atoms with E-state index in [4.69, 9.17) is 16.3 Å². The summed E-state index contributed by atoms with van der Waals surface area (Å²) >= 11 is 5.69. The fraction of sp³-hybridized carbons (Fsp3) is 0.455. The molecule has 0 bridgehead atoms. The number of halogens is 2. The van der Waals surface area contributed by atoms with E-state index in [1.165, 1.54) is 13.2 Å². The molecule has 16 heavy (non-hydrogen) atoms. The summed E-state index contributed by atoms with van der Waals surface area (Å²) in [6, 6.07) is 1.30. The maximum absolute atomic E-state index is 13.5. The number of methoxy groups -OCH3 is 1. The highest BCUT2D eigenvalue weighted by Gasteiger charge is 2.28. The number of benzene rings is 1. The third-order valence-corrected chi connectivity index (χ3v) is 2.75. The number of aliphatic hydroxyl groups is 1. The molecule has 1 aromatic rings. The molecule has 0 spiro atoms. The highest BCUT2D eigenvalue weighted by Crippen LogP contribution is 2.42. The van der Waals surface area contributed by atoms with Gasteiger partial charge >= 0.3 is 0 Å². The molecular formula is C11H14ClFO3. The minimum absolute atomic E-state index is 0.147. The van der Waals surface area contributed by atoms with Crippen molar-refractivity contribution >= 4 is 11.6 Å². The predicted molar refractivity (Wildman–Crippen MR) is 59.7 cm³/mol. The lowest BCUT2D eigenvalue weighted by molar-refractivity contribution is 0.214. The van der Waals surface area contributed by atoms with Crippen LogP contribution in [0.2, 0.25) is 5.02 Å². The summed E-state index contributed by atoms with van der Waals surface area (Å²) in [5, 5.41) is 18.9. The Labute approximate surface area is 98.4 Å². The van der Waals surface area contributed by atoms with E-state index in [2.05, 4.69) is 0 Å². The van der Waals surface area contributed by atoms with Gasteiger partial charge in [0.15, 0.2) is 17.3 Å². The molecule has 0 saturated carbocycles. The molecule has 0 aromatic heterocycles. The fourth-order valence-corrected chi connectivity index (χ4v) is 1.58. The maximum Gasteiger partial charge on any atom is 0.198 e. The SMILES string of the molecule is COc1c(O)c(C(C)(C)CO)cc(Cl)c1F. The van der Waals surface area contributed by atoms with Crippen LogP contribution in [-0.4, -0.2) is 23.9 Å². The second-order valence-electron chi connectivity index (χ2n) is 4.14. The summed E-state index contributed by atoms with van der Waals surface area (Å²) in [6.45, 7) is 3.21. The molecule has 0 unspecified atom stereocenters. The van der Waals surface area contributed by atoms with Crippen LogP contribution >= 0.6 is 11.6 Å². The molecule has 0 saturated heterocycles. The molecule has 1 rings (SSSR count). The van der Waals surface area contributed by atoms with Gasteiger partial charge in [0.05, 0.1) is 18.7 Å². The highest BCUT2D eigenvalue weighted by atomic mass is 35.5. The lowest BCUT2D eigenvalue weighted by atomic mass is 9.84. The molecule has 0 atom stereocenters. The highest BCUT2D eigenvalue weighted by molar-refractivity contribution is 6.31. The number of ether oxygens (including phenoxy) is 1. The van der Waals surface area contributed by atoms with Crippen LogP contribution in [0.25, 0.3) is 0 Å². The van der Waals surface area contributed by atoms with E-state index in [0.717, 1.165) is 0 Å². The minimum atomic E-state index is -0.806. The van der Waals surface area contributed by atoms with Gasteiger partial charge in [0.1, 0.15) is 0 Å². The summed E-state index contributed by atoms with van der Waals surface area (Å²) in [7, 11) is 1.24. The molecule has 0 aliphatic rings. The normalized spacial score (nSPS) is 11.6. The van der Waals surface area contributed by atoms with Gasteiger partial charge in [0, 0.05) is 11.0 Å². The molecule has 0 heterocycles. The first-order valence-electron chi connectivity index (χ1n) is 4.71. The van der Waals surface area contributed by atoms with Crippen LogP contribution in [0.3, 0.4) is 0 Å². The van der Waals surface area contributed by atoms with Crippen molar-refractivity contribution in [1.82, 2.24) is 0 Å². The lowest BCUT2D eigenvalue weighted by Gasteiger charge is -2.24. The summed E-state index contributed by atoms with van der Waals surface area (Å²) < 4.78 is 18.2. The first kappa shape index (κ1) is 13.1. The van der Waals surface area contributed by atoms with Gasteiger partial charge in [-0.05, 0) is 6.07 Å². The lowest BCUT2D eigenvalue weighted by Crippen LogP contribution is -2.22. The number of phenols is 1. The third kappa shape index (κ3) is 2.08. The summed E-state index contributed by atoms with van der Waals surface area (Å²) in [5.41, 5.74) is -0.382. The molecule has 0 aliphatic heterocycles. The Balaban J connectivity index is 3.49. The zero-order valence-electron chi connectivity index (χ0n) is 9.34. The van der Waals surface area contributed by atoms with Gasteiger partial charge in [0.2, 0.25) is 0 Å². The molecule has 0 amide bonds. The molecule has 1 aromatic carbocycles. The van der Waals surface area contributed by atoms with Gasteiger partial charge in [-0.1, -0.05) is 25.4 Å². The van der Waals surface area contributed by atoms with Crippen molar-refractivity contribution in [1.29, 1.82) is 0 Å². The van der Waals surface area contributed by atoms with E-state index in [1.807, 2.05) is 0 Å². The predicted octanol–water partition coefficient (Wildman–Crippen LogP) is 2.46. The minimum Gasteiger partial charge on any atom is -0.504 e. The van der Waals surface area contributed by atoms with Crippen molar-refractivity contribution in [2.45, 2.75) is 19.3 Å². The van der Waals surface area contributed by atoms with Crippen molar-refractivity contribution in [3.8, 4) is 11.5 Å². The Morgan fingerprint density at radius 1 is 1.50 bits per heavy atom. The Morgan fingerprint density at radius 3 is 2.50 bits per heavy atom. The number of hydrogen-bond acceptors (Lipinski definition) is 3. The maximum atomic E-state index is 13.5. The second kappa shape index (κ2) is 4.47. The Hall–Kier alpha value is -1.00. The second-order valence-corrected chi connectivity index (χ2v) is 4.55. The Morgan fingerprint density at radius 2 is 2.06 bits per heavy atom. The van der Waals surface area contributed by atoms with Gasteiger partial charge in [-0.3, -0.25) is 0 Å². The number of phenolic OH excluding ortho intramolecular Hbond substituents is 1.